The lowest BCUT2D eigenvalue weighted by Gasteiger charge is -2.04. The van der Waals surface area contributed by atoms with Gasteiger partial charge in [-0.3, -0.25) is 0 Å². The summed E-state index contributed by atoms with van der Waals surface area (Å²) in [4.78, 5) is 11.2. The van der Waals surface area contributed by atoms with E-state index in [1.807, 2.05) is 0 Å². The van der Waals surface area contributed by atoms with Gasteiger partial charge >= 0.3 is 5.97 Å². The van der Waals surface area contributed by atoms with Crippen LogP contribution in [0.2, 0.25) is 0 Å². The second-order valence-electron chi connectivity index (χ2n) is 3.98. The van der Waals surface area contributed by atoms with E-state index in [1.54, 1.807) is 0 Å². The van der Waals surface area contributed by atoms with Crippen LogP contribution in [0.25, 0.3) is 0 Å². The van der Waals surface area contributed by atoms with Crippen LogP contribution >= 0.6 is 0 Å². The lowest BCUT2D eigenvalue weighted by molar-refractivity contribution is -0.136. The Morgan fingerprint density at radius 1 is 1.57 bits per heavy atom. The van der Waals surface area contributed by atoms with Crippen molar-refractivity contribution in [2.45, 2.75) is 45.4 Å². The fourth-order valence-corrected chi connectivity index (χ4v) is 1.98. The van der Waals surface area contributed by atoms with Crippen molar-refractivity contribution >= 4 is 5.97 Å². The number of ether oxygens (including phenoxy) is 1. The van der Waals surface area contributed by atoms with Crippen LogP contribution in [0.5, 0.6) is 0 Å². The number of rotatable bonds is 5. The Bertz CT molecular complexity index is 218. The lowest BCUT2D eigenvalue weighted by atomic mass is 10.0. The van der Waals surface area contributed by atoms with Gasteiger partial charge in [0.2, 0.25) is 0 Å². The van der Waals surface area contributed by atoms with Crippen LogP contribution in [-0.2, 0) is 9.53 Å². The summed E-state index contributed by atoms with van der Waals surface area (Å²) in [6, 6.07) is 0. The molecule has 0 aliphatic heterocycles. The minimum absolute atomic E-state index is 0.136. The second kappa shape index (κ2) is 5.84. The predicted molar refractivity (Wildman–Crippen MR) is 57.0 cm³/mol. The van der Waals surface area contributed by atoms with Crippen molar-refractivity contribution in [3.63, 3.8) is 0 Å². The number of carbonyl (C=O) groups excluding carboxylic acids is 1. The maximum Gasteiger partial charge on any atom is 0.333 e. The summed E-state index contributed by atoms with van der Waals surface area (Å²) >= 11 is 0. The molecule has 1 aliphatic rings. The van der Waals surface area contributed by atoms with Crippen LogP contribution < -0.4 is 0 Å². The van der Waals surface area contributed by atoms with Crippen LogP contribution in [0.1, 0.15) is 45.4 Å². The van der Waals surface area contributed by atoms with E-state index in [9.17, 15) is 4.79 Å². The Hall–Kier alpha value is -0.790. The Labute approximate surface area is 86.3 Å². The molecule has 1 unspecified atom stereocenters. The van der Waals surface area contributed by atoms with Gasteiger partial charge in [0.1, 0.15) is 0 Å². The molecule has 1 atom stereocenters. The first-order valence-corrected chi connectivity index (χ1v) is 5.57. The number of carbonyl (C=O) groups is 1. The average Bonchev–Trinajstić information content (AvgIpc) is 2.66. The fraction of sp³-hybridized carbons (Fsp3) is 0.750. The summed E-state index contributed by atoms with van der Waals surface area (Å²) in [6.07, 6.45) is 9.23. The molecule has 0 bridgehead atoms. The molecular weight excluding hydrogens is 176 g/mol. The minimum Gasteiger partial charge on any atom is -0.466 e. The van der Waals surface area contributed by atoms with Gasteiger partial charge in [0.15, 0.2) is 0 Å². The molecule has 0 fully saturated rings. The first-order valence-electron chi connectivity index (χ1n) is 5.57. The number of unbranched alkanes of at least 4 members (excludes halogenated alkanes) is 2. The van der Waals surface area contributed by atoms with Crippen molar-refractivity contribution in [1.82, 2.24) is 0 Å². The highest BCUT2D eigenvalue weighted by atomic mass is 16.5. The van der Waals surface area contributed by atoms with E-state index < -0.39 is 0 Å². The van der Waals surface area contributed by atoms with Gasteiger partial charge in [0.05, 0.1) is 7.11 Å². The van der Waals surface area contributed by atoms with E-state index >= 15 is 0 Å². The summed E-state index contributed by atoms with van der Waals surface area (Å²) in [7, 11) is 1.45. The zero-order chi connectivity index (χ0) is 10.4. The summed E-state index contributed by atoms with van der Waals surface area (Å²) in [5.41, 5.74) is 0.883. The molecule has 2 heteroatoms. The average molecular weight is 196 g/mol. The summed E-state index contributed by atoms with van der Waals surface area (Å²) in [5, 5.41) is 0. The van der Waals surface area contributed by atoms with Crippen LogP contribution in [0.3, 0.4) is 0 Å². The first-order chi connectivity index (χ1) is 6.77. The minimum atomic E-state index is -0.136. The zero-order valence-electron chi connectivity index (χ0n) is 9.21. The van der Waals surface area contributed by atoms with E-state index in [0.29, 0.717) is 5.92 Å². The van der Waals surface area contributed by atoms with Gasteiger partial charge in [-0.25, -0.2) is 4.79 Å². The van der Waals surface area contributed by atoms with E-state index in [0.717, 1.165) is 18.4 Å². The maximum atomic E-state index is 11.2. The Kier molecular flexibility index (Phi) is 4.71. The SMILES string of the molecule is CCCCCC1C=C(C(=O)OC)CC1. The van der Waals surface area contributed by atoms with Gasteiger partial charge in [-0.2, -0.15) is 0 Å². The number of hydrogen-bond donors (Lipinski definition) is 0. The smallest absolute Gasteiger partial charge is 0.333 e. The number of hydrogen-bond acceptors (Lipinski definition) is 2. The third-order valence-corrected chi connectivity index (χ3v) is 2.85. The van der Waals surface area contributed by atoms with E-state index in [-0.39, 0.29) is 5.97 Å². The molecular formula is C12H20O2. The molecule has 0 saturated heterocycles. The monoisotopic (exact) mass is 196 g/mol. The molecule has 0 amide bonds. The maximum absolute atomic E-state index is 11.2. The molecule has 14 heavy (non-hydrogen) atoms. The van der Waals surface area contributed by atoms with E-state index in [4.69, 9.17) is 4.74 Å². The molecule has 0 saturated carbocycles. The summed E-state index contributed by atoms with van der Waals surface area (Å²) in [6.45, 7) is 2.21. The summed E-state index contributed by atoms with van der Waals surface area (Å²) in [5.74, 6) is 0.485. The molecule has 1 aliphatic carbocycles. The lowest BCUT2D eigenvalue weighted by Crippen LogP contribution is -2.01. The highest BCUT2D eigenvalue weighted by Gasteiger charge is 2.20. The Morgan fingerprint density at radius 2 is 2.36 bits per heavy atom. The predicted octanol–water partition coefficient (Wildman–Crippen LogP) is 3.08. The molecule has 0 radical (unpaired) electrons. The molecule has 0 aromatic rings. The van der Waals surface area contributed by atoms with Crippen molar-refractivity contribution < 1.29 is 9.53 Å². The van der Waals surface area contributed by atoms with Crippen LogP contribution in [-0.4, -0.2) is 13.1 Å². The van der Waals surface area contributed by atoms with Crippen molar-refractivity contribution in [3.05, 3.63) is 11.6 Å². The fourth-order valence-electron chi connectivity index (χ4n) is 1.98. The third-order valence-electron chi connectivity index (χ3n) is 2.85. The third kappa shape index (κ3) is 3.17. The van der Waals surface area contributed by atoms with Gasteiger partial charge < -0.3 is 4.74 Å². The number of esters is 1. The molecule has 2 nitrogen and oxygen atoms in total. The van der Waals surface area contributed by atoms with Gasteiger partial charge in [0.25, 0.3) is 0 Å². The van der Waals surface area contributed by atoms with Crippen LogP contribution in [0.15, 0.2) is 11.6 Å². The first kappa shape index (κ1) is 11.3. The van der Waals surface area contributed by atoms with Crippen molar-refractivity contribution in [3.8, 4) is 0 Å². The molecule has 1 rings (SSSR count). The van der Waals surface area contributed by atoms with Crippen molar-refractivity contribution in [2.75, 3.05) is 7.11 Å². The zero-order valence-corrected chi connectivity index (χ0v) is 9.21. The van der Waals surface area contributed by atoms with Crippen molar-refractivity contribution in [2.24, 2.45) is 5.92 Å². The van der Waals surface area contributed by atoms with Gasteiger partial charge in [-0.05, 0) is 25.2 Å². The van der Waals surface area contributed by atoms with Crippen LogP contribution in [0.4, 0.5) is 0 Å². The van der Waals surface area contributed by atoms with Crippen LogP contribution in [0, 0.1) is 5.92 Å². The van der Waals surface area contributed by atoms with E-state index in [1.165, 1.54) is 32.8 Å². The largest absolute Gasteiger partial charge is 0.466 e. The quantitative estimate of drug-likeness (QED) is 0.499. The summed E-state index contributed by atoms with van der Waals surface area (Å²) < 4.78 is 4.70. The molecule has 0 N–H and O–H groups in total. The molecule has 0 heterocycles. The van der Waals surface area contributed by atoms with Crippen molar-refractivity contribution in [1.29, 1.82) is 0 Å². The Morgan fingerprint density at radius 3 is 3.00 bits per heavy atom. The number of methoxy groups -OCH3 is 1. The molecule has 0 spiro atoms. The highest BCUT2D eigenvalue weighted by molar-refractivity contribution is 5.88. The number of allylic oxidation sites excluding steroid dienone is 1. The second-order valence-corrected chi connectivity index (χ2v) is 3.98. The van der Waals surface area contributed by atoms with Gasteiger partial charge in [-0.1, -0.05) is 32.3 Å². The normalized spacial score (nSPS) is 20.7. The Balaban J connectivity index is 2.30. The van der Waals surface area contributed by atoms with Gasteiger partial charge in [0, 0.05) is 5.57 Å². The molecule has 80 valence electrons. The highest BCUT2D eigenvalue weighted by Crippen LogP contribution is 2.28. The standard InChI is InChI=1S/C12H20O2/c1-3-4-5-6-10-7-8-11(9-10)12(13)14-2/h9-10H,3-8H2,1-2H3. The van der Waals surface area contributed by atoms with Gasteiger partial charge in [-0.15, -0.1) is 0 Å². The molecule has 0 aromatic carbocycles. The topological polar surface area (TPSA) is 26.3 Å². The van der Waals surface area contributed by atoms with E-state index in [2.05, 4.69) is 13.0 Å². The molecule has 0 aromatic heterocycles.